The summed E-state index contributed by atoms with van der Waals surface area (Å²) < 4.78 is 30.5. The fraction of sp³-hybridized carbons (Fsp3) is 0.200. The van der Waals surface area contributed by atoms with Gasteiger partial charge in [-0.3, -0.25) is 14.4 Å². The average molecular weight is 254 g/mol. The van der Waals surface area contributed by atoms with E-state index in [2.05, 4.69) is 5.10 Å². The number of hydrogen-bond donors (Lipinski definition) is 1. The highest BCUT2D eigenvalue weighted by atomic mass is 32.2. The van der Waals surface area contributed by atoms with Crippen molar-refractivity contribution in [2.24, 2.45) is 5.10 Å². The van der Waals surface area contributed by atoms with E-state index < -0.39 is 10.1 Å². The molecule has 0 aromatic heterocycles. The average Bonchev–Trinajstić information content (AvgIpc) is 2.58. The number of anilines is 1. The number of benzene rings is 1. The van der Waals surface area contributed by atoms with E-state index in [1.165, 1.54) is 29.3 Å². The number of hydrazone groups is 1. The summed E-state index contributed by atoms with van der Waals surface area (Å²) in [5.74, 6) is -0.0659. The van der Waals surface area contributed by atoms with Crippen LogP contribution in [-0.2, 0) is 14.9 Å². The molecule has 0 radical (unpaired) electrons. The van der Waals surface area contributed by atoms with Gasteiger partial charge in [0, 0.05) is 0 Å². The zero-order valence-corrected chi connectivity index (χ0v) is 9.81. The Hall–Kier alpha value is -1.73. The minimum Gasteiger partial charge on any atom is -0.291 e. The van der Waals surface area contributed by atoms with Gasteiger partial charge in [-0.15, -0.1) is 0 Å². The summed E-state index contributed by atoms with van der Waals surface area (Å²) in [4.78, 5) is 11.1. The fourth-order valence-electron chi connectivity index (χ4n) is 1.46. The van der Waals surface area contributed by atoms with Gasteiger partial charge in [-0.1, -0.05) is 0 Å². The lowest BCUT2D eigenvalue weighted by atomic mass is 10.3. The number of Topliss-reactive ketones (excluding diaryl/α,β-unsaturated/α-hetero) is 1. The second kappa shape index (κ2) is 3.94. The predicted octanol–water partition coefficient (Wildman–Crippen LogP) is 0.698. The van der Waals surface area contributed by atoms with Crippen LogP contribution in [0.4, 0.5) is 5.69 Å². The van der Waals surface area contributed by atoms with Crippen molar-refractivity contribution in [3.8, 4) is 0 Å². The van der Waals surface area contributed by atoms with Crippen molar-refractivity contribution in [1.82, 2.24) is 0 Å². The van der Waals surface area contributed by atoms with Gasteiger partial charge in [-0.25, -0.2) is 0 Å². The molecule has 1 aliphatic rings. The lowest BCUT2D eigenvalue weighted by molar-refractivity contribution is -0.111. The van der Waals surface area contributed by atoms with Crippen molar-refractivity contribution in [2.75, 3.05) is 11.6 Å². The van der Waals surface area contributed by atoms with Gasteiger partial charge >= 0.3 is 0 Å². The maximum absolute atomic E-state index is 11.3. The van der Waals surface area contributed by atoms with Crippen LogP contribution in [-0.4, -0.2) is 31.0 Å². The maximum Gasteiger partial charge on any atom is 0.294 e. The van der Waals surface area contributed by atoms with Gasteiger partial charge in [0.05, 0.1) is 10.6 Å². The Morgan fingerprint density at radius 1 is 1.29 bits per heavy atom. The van der Waals surface area contributed by atoms with Crippen LogP contribution in [0.2, 0.25) is 0 Å². The lowest BCUT2D eigenvalue weighted by Gasteiger charge is -2.12. The van der Waals surface area contributed by atoms with Gasteiger partial charge in [0.15, 0.2) is 5.78 Å². The van der Waals surface area contributed by atoms with E-state index in [4.69, 9.17) is 4.55 Å². The summed E-state index contributed by atoms with van der Waals surface area (Å²) >= 11 is 0. The lowest BCUT2D eigenvalue weighted by Crippen LogP contribution is -2.17. The van der Waals surface area contributed by atoms with Crippen LogP contribution in [0.3, 0.4) is 0 Å². The smallest absolute Gasteiger partial charge is 0.291 e. The maximum atomic E-state index is 11.3. The van der Waals surface area contributed by atoms with Crippen molar-refractivity contribution in [1.29, 1.82) is 0 Å². The van der Waals surface area contributed by atoms with Crippen LogP contribution in [0.5, 0.6) is 0 Å². The third kappa shape index (κ3) is 2.34. The second-order valence-electron chi connectivity index (χ2n) is 3.64. The molecule has 1 N–H and O–H groups in total. The van der Waals surface area contributed by atoms with Crippen LogP contribution in [0, 0.1) is 0 Å². The highest BCUT2D eigenvalue weighted by Gasteiger charge is 2.21. The topological polar surface area (TPSA) is 87.0 Å². The summed E-state index contributed by atoms with van der Waals surface area (Å²) in [5, 5.41) is 5.50. The molecule has 90 valence electrons. The second-order valence-corrected chi connectivity index (χ2v) is 5.06. The molecule has 2 rings (SSSR count). The standard InChI is InChI=1S/C10H10N2O4S/c1-7-10(13)6-12(11-7)8-2-4-9(5-3-8)17(14,15)16/h2-5H,6H2,1H3,(H,14,15,16). The first-order valence-electron chi connectivity index (χ1n) is 4.81. The molecule has 0 bridgehead atoms. The normalized spacial score (nSPS) is 16.2. The minimum absolute atomic E-state index is 0.0659. The molecule has 0 atom stereocenters. The molecule has 7 heteroatoms. The monoisotopic (exact) mass is 254 g/mol. The van der Waals surface area contributed by atoms with Crippen molar-refractivity contribution in [3.05, 3.63) is 24.3 Å². The number of nitrogens with zero attached hydrogens (tertiary/aromatic N) is 2. The van der Waals surface area contributed by atoms with Crippen LogP contribution < -0.4 is 5.01 Å². The van der Waals surface area contributed by atoms with Crippen LogP contribution in [0.15, 0.2) is 34.3 Å². The van der Waals surface area contributed by atoms with Crippen molar-refractivity contribution in [2.45, 2.75) is 11.8 Å². The zero-order valence-electron chi connectivity index (χ0n) is 8.99. The van der Waals surface area contributed by atoms with Gasteiger partial charge in [-0.2, -0.15) is 13.5 Å². The largest absolute Gasteiger partial charge is 0.294 e. The first-order chi connectivity index (χ1) is 7.88. The molecular weight excluding hydrogens is 244 g/mol. The third-order valence-electron chi connectivity index (χ3n) is 2.40. The molecule has 0 saturated carbocycles. The molecule has 1 aliphatic heterocycles. The Kier molecular flexibility index (Phi) is 2.72. The summed E-state index contributed by atoms with van der Waals surface area (Å²) in [6.07, 6.45) is 0. The molecule has 1 aromatic carbocycles. The summed E-state index contributed by atoms with van der Waals surface area (Å²) in [6.45, 7) is 1.77. The van der Waals surface area contributed by atoms with Crippen LogP contribution in [0.1, 0.15) is 6.92 Å². The number of carbonyl (C=O) groups is 1. The number of ketones is 1. The van der Waals surface area contributed by atoms with Crippen LogP contribution in [0.25, 0.3) is 0 Å². The van der Waals surface area contributed by atoms with Gasteiger partial charge in [0.1, 0.15) is 12.3 Å². The molecule has 1 aromatic rings. The summed E-state index contributed by atoms with van der Waals surface area (Å²) in [6, 6.07) is 5.49. The van der Waals surface area contributed by atoms with E-state index >= 15 is 0 Å². The Morgan fingerprint density at radius 3 is 2.29 bits per heavy atom. The number of carbonyl (C=O) groups excluding carboxylic acids is 1. The van der Waals surface area contributed by atoms with Gasteiger partial charge in [0.2, 0.25) is 0 Å². The van der Waals surface area contributed by atoms with E-state index in [0.29, 0.717) is 11.4 Å². The molecule has 0 aliphatic carbocycles. The van der Waals surface area contributed by atoms with E-state index in [9.17, 15) is 13.2 Å². The van der Waals surface area contributed by atoms with Gasteiger partial charge in [0.25, 0.3) is 10.1 Å². The van der Waals surface area contributed by atoms with E-state index in [1.54, 1.807) is 6.92 Å². The molecular formula is C10H10N2O4S. The molecule has 0 amide bonds. The Balaban J connectivity index is 2.29. The summed E-state index contributed by atoms with van der Waals surface area (Å²) in [7, 11) is -4.19. The summed E-state index contributed by atoms with van der Waals surface area (Å²) in [5.41, 5.74) is 1.02. The highest BCUT2D eigenvalue weighted by Crippen LogP contribution is 2.20. The van der Waals surface area contributed by atoms with Gasteiger partial charge < -0.3 is 0 Å². The SMILES string of the molecule is CC1=NN(c2ccc(S(=O)(=O)O)cc2)CC1=O. The van der Waals surface area contributed by atoms with E-state index in [0.717, 1.165) is 0 Å². The van der Waals surface area contributed by atoms with E-state index in [1.807, 2.05) is 0 Å². The van der Waals surface area contributed by atoms with Crippen molar-refractivity contribution in [3.63, 3.8) is 0 Å². The molecule has 0 unspecified atom stereocenters. The van der Waals surface area contributed by atoms with E-state index in [-0.39, 0.29) is 17.2 Å². The quantitative estimate of drug-likeness (QED) is 0.785. The first kappa shape index (κ1) is 11.7. The van der Waals surface area contributed by atoms with Crippen molar-refractivity contribution >= 4 is 27.3 Å². The first-order valence-corrected chi connectivity index (χ1v) is 6.25. The zero-order chi connectivity index (χ0) is 12.6. The Labute approximate surface area is 98.3 Å². The fourth-order valence-corrected chi connectivity index (χ4v) is 1.94. The minimum atomic E-state index is -4.19. The molecule has 17 heavy (non-hydrogen) atoms. The van der Waals surface area contributed by atoms with Crippen molar-refractivity contribution < 1.29 is 17.8 Å². The predicted molar refractivity (Wildman–Crippen MR) is 61.7 cm³/mol. The molecule has 0 spiro atoms. The number of hydrogen-bond acceptors (Lipinski definition) is 5. The molecule has 0 saturated heterocycles. The number of rotatable bonds is 2. The molecule has 1 heterocycles. The van der Waals surface area contributed by atoms with Gasteiger partial charge in [-0.05, 0) is 31.2 Å². The molecule has 0 fully saturated rings. The molecule has 6 nitrogen and oxygen atoms in total. The highest BCUT2D eigenvalue weighted by molar-refractivity contribution is 7.85. The Bertz CT molecular complexity index is 589. The van der Waals surface area contributed by atoms with Crippen LogP contribution >= 0.6 is 0 Å². The third-order valence-corrected chi connectivity index (χ3v) is 3.27. The Morgan fingerprint density at radius 2 is 1.88 bits per heavy atom.